The quantitative estimate of drug-likeness (QED) is 0.162. The van der Waals surface area contributed by atoms with Gasteiger partial charge in [-0.3, -0.25) is 0 Å². The Balaban J connectivity index is 0.000000214. The van der Waals surface area contributed by atoms with Crippen LogP contribution >= 0.6 is 0 Å². The molecule has 0 bridgehead atoms. The van der Waals surface area contributed by atoms with Crippen molar-refractivity contribution in [2.24, 2.45) is 5.41 Å². The van der Waals surface area contributed by atoms with Crippen LogP contribution in [0.15, 0.2) is 150 Å². The Morgan fingerprint density at radius 3 is 2.14 bits per heavy atom. The molecule has 0 aliphatic rings. The number of benzene rings is 6. The molecule has 4 heteroatoms. The topological polar surface area (TPSA) is 38.9 Å². The minimum absolute atomic E-state index is 0. The minimum Gasteiger partial charge on any atom is -0.456 e. The van der Waals surface area contributed by atoms with Crippen LogP contribution in [0, 0.1) is 38.3 Å². The summed E-state index contributed by atoms with van der Waals surface area (Å²) >= 11 is 0. The number of fused-ring (bicyclic) bond motifs is 5. The molecule has 0 atom stereocenters. The Morgan fingerprint density at radius 2 is 1.39 bits per heavy atom. The van der Waals surface area contributed by atoms with Gasteiger partial charge < -0.3 is 14.4 Å². The van der Waals surface area contributed by atoms with Crippen molar-refractivity contribution in [3.05, 3.63) is 180 Å². The fourth-order valence-electron chi connectivity index (χ4n) is 7.58. The second kappa shape index (κ2) is 16.2. The van der Waals surface area contributed by atoms with Crippen LogP contribution in [0.2, 0.25) is 0 Å². The van der Waals surface area contributed by atoms with E-state index in [9.17, 15) is 0 Å². The molecule has 0 saturated heterocycles. The Bertz CT molecular complexity index is 2770. The number of hydrogen-bond donors (Lipinski definition) is 0. The molecule has 0 N–H and O–H groups in total. The van der Waals surface area contributed by atoms with Crippen LogP contribution in [-0.4, -0.2) is 9.97 Å². The molecule has 3 aromatic heterocycles. The van der Waals surface area contributed by atoms with E-state index in [1.807, 2.05) is 36.7 Å². The Hall–Kier alpha value is -5.67. The normalized spacial score (nSPS) is 11.3. The summed E-state index contributed by atoms with van der Waals surface area (Å²) in [4.78, 5) is 9.25. The molecular formula is C52H44IrN2O-2. The summed E-state index contributed by atoms with van der Waals surface area (Å²) in [5.74, 6) is 0. The average molecular weight is 905 g/mol. The third-order valence-electron chi connectivity index (χ3n) is 10.1. The molecule has 0 aliphatic heterocycles. The van der Waals surface area contributed by atoms with Gasteiger partial charge in [-0.25, -0.2) is 0 Å². The van der Waals surface area contributed by atoms with Crippen molar-refractivity contribution < 1.29 is 24.5 Å². The van der Waals surface area contributed by atoms with Gasteiger partial charge in [0.15, 0.2) is 0 Å². The van der Waals surface area contributed by atoms with Crippen molar-refractivity contribution >= 4 is 32.7 Å². The number of furan rings is 1. The summed E-state index contributed by atoms with van der Waals surface area (Å²) in [6.07, 6.45) is 4.93. The number of rotatable bonds is 5. The molecule has 3 nitrogen and oxygen atoms in total. The van der Waals surface area contributed by atoms with Gasteiger partial charge in [0.05, 0.1) is 0 Å². The molecule has 1 radical (unpaired) electrons. The van der Waals surface area contributed by atoms with Crippen LogP contribution < -0.4 is 0 Å². The van der Waals surface area contributed by atoms with Crippen LogP contribution in [0.3, 0.4) is 0 Å². The van der Waals surface area contributed by atoms with Gasteiger partial charge >= 0.3 is 0 Å². The second-order valence-corrected chi connectivity index (χ2v) is 15.7. The van der Waals surface area contributed by atoms with E-state index in [1.165, 1.54) is 55.1 Å². The first kappa shape index (κ1) is 38.6. The number of pyridine rings is 2. The molecule has 9 aromatic rings. The smallest absolute Gasteiger partial charge is 0.136 e. The molecule has 0 aliphatic carbocycles. The van der Waals surface area contributed by atoms with E-state index in [0.29, 0.717) is 5.41 Å². The average Bonchev–Trinajstić information content (AvgIpc) is 3.58. The van der Waals surface area contributed by atoms with Crippen molar-refractivity contribution in [1.29, 1.82) is 0 Å². The number of aromatic nitrogens is 2. The predicted molar refractivity (Wildman–Crippen MR) is 230 cm³/mol. The van der Waals surface area contributed by atoms with Crippen molar-refractivity contribution in [2.75, 3.05) is 0 Å². The maximum Gasteiger partial charge on any atom is 0.136 e. The number of hydrogen-bond acceptors (Lipinski definition) is 3. The third kappa shape index (κ3) is 8.14. The molecule has 279 valence electrons. The van der Waals surface area contributed by atoms with Gasteiger partial charge in [0.2, 0.25) is 0 Å². The Morgan fingerprint density at radius 1 is 0.607 bits per heavy atom. The molecule has 56 heavy (non-hydrogen) atoms. The molecule has 0 amide bonds. The van der Waals surface area contributed by atoms with Crippen LogP contribution in [0.25, 0.3) is 77.5 Å². The molecule has 0 saturated carbocycles. The fourth-order valence-corrected chi connectivity index (χ4v) is 7.58. The first-order valence-electron chi connectivity index (χ1n) is 18.9. The summed E-state index contributed by atoms with van der Waals surface area (Å²) in [6, 6.07) is 53.2. The van der Waals surface area contributed by atoms with E-state index >= 15 is 0 Å². The monoisotopic (exact) mass is 905 g/mol. The molecule has 3 heterocycles. The molecule has 0 unspecified atom stereocenters. The summed E-state index contributed by atoms with van der Waals surface area (Å²) in [6.45, 7) is 13.1. The molecule has 0 fully saturated rings. The number of nitrogens with zero attached hydrogens (tertiary/aromatic N) is 2. The zero-order valence-electron chi connectivity index (χ0n) is 32.7. The van der Waals surface area contributed by atoms with Crippen LogP contribution in [0.4, 0.5) is 0 Å². The van der Waals surface area contributed by atoms with Gasteiger partial charge in [0.25, 0.3) is 0 Å². The summed E-state index contributed by atoms with van der Waals surface area (Å²) in [7, 11) is 0. The van der Waals surface area contributed by atoms with Crippen molar-refractivity contribution in [2.45, 2.75) is 48.0 Å². The standard InChI is InChI=1S/C35H24NO.C17H20N.Ir/c1-22-8-5-9-23(2)34(22)26-18-19-36-31(21-26)25-11-6-10-24(20-25)27-13-7-14-29-28(27)16-17-33-35(29)30-12-3-4-15-32(30)37-33;1-13-5-8-15(9-6-13)16-10-7-14(12-18-16)11-17(2,3)4;/h3-10,12-21H,1-2H3;5-8,10,12H,11H2,1-4H3;/q2*-1;. The summed E-state index contributed by atoms with van der Waals surface area (Å²) in [5, 5.41) is 4.72. The maximum absolute atomic E-state index is 6.13. The number of para-hydroxylation sites is 1. The van der Waals surface area contributed by atoms with E-state index in [2.05, 4.69) is 168 Å². The zero-order chi connectivity index (χ0) is 38.1. The molecule has 9 rings (SSSR count). The van der Waals surface area contributed by atoms with E-state index in [1.54, 1.807) is 0 Å². The van der Waals surface area contributed by atoms with Gasteiger partial charge in [0.1, 0.15) is 11.2 Å². The van der Waals surface area contributed by atoms with Crippen LogP contribution in [0.1, 0.15) is 43.0 Å². The molecule has 0 spiro atoms. The van der Waals surface area contributed by atoms with Crippen molar-refractivity contribution in [1.82, 2.24) is 9.97 Å². The third-order valence-corrected chi connectivity index (χ3v) is 10.1. The summed E-state index contributed by atoms with van der Waals surface area (Å²) in [5.41, 5.74) is 15.9. The first-order valence-corrected chi connectivity index (χ1v) is 18.9. The zero-order valence-corrected chi connectivity index (χ0v) is 35.1. The van der Waals surface area contributed by atoms with Gasteiger partial charge in [-0.05, 0) is 99.4 Å². The minimum atomic E-state index is 0. The summed E-state index contributed by atoms with van der Waals surface area (Å²) < 4.78 is 6.13. The Labute approximate surface area is 343 Å². The van der Waals surface area contributed by atoms with Crippen LogP contribution in [0.5, 0.6) is 0 Å². The van der Waals surface area contributed by atoms with Crippen LogP contribution in [-0.2, 0) is 26.5 Å². The van der Waals surface area contributed by atoms with E-state index < -0.39 is 0 Å². The molecule has 6 aromatic carbocycles. The second-order valence-electron chi connectivity index (χ2n) is 15.7. The van der Waals surface area contributed by atoms with E-state index in [0.717, 1.165) is 51.1 Å². The SMILES string of the molecule is Cc1c[c-]c(-c2ccc(CC(C)(C)C)cn2)cc1.Cc1cccc(C)c1-c1ccnc(-c2[c-]ccc(-c3cccc4c3ccc3oc5ccccc5c34)c2)c1.[Ir]. The molecular weight excluding hydrogens is 861 g/mol. The maximum atomic E-state index is 6.13. The van der Waals surface area contributed by atoms with Gasteiger partial charge in [-0.1, -0.05) is 107 Å². The van der Waals surface area contributed by atoms with Gasteiger partial charge in [-0.2, -0.15) is 0 Å². The fraction of sp³-hybridized carbons (Fsp3) is 0.154. The van der Waals surface area contributed by atoms with E-state index in [4.69, 9.17) is 9.40 Å². The Kier molecular flexibility index (Phi) is 11.2. The van der Waals surface area contributed by atoms with Crippen molar-refractivity contribution in [3.8, 4) is 44.8 Å². The van der Waals surface area contributed by atoms with Gasteiger partial charge in [0, 0.05) is 43.3 Å². The first-order chi connectivity index (χ1) is 26.6. The number of aryl methyl sites for hydroxylation is 3. The largest absolute Gasteiger partial charge is 0.456 e. The predicted octanol–water partition coefficient (Wildman–Crippen LogP) is 14.0. The van der Waals surface area contributed by atoms with Crippen molar-refractivity contribution in [3.63, 3.8) is 0 Å². The van der Waals surface area contributed by atoms with Gasteiger partial charge in [-0.15, -0.1) is 70.8 Å². The van der Waals surface area contributed by atoms with E-state index in [-0.39, 0.29) is 20.1 Å².